The molecule has 9 heavy (non-hydrogen) atoms. The van der Waals surface area contributed by atoms with Gasteiger partial charge in [0.05, 0.1) is 5.25 Å². The summed E-state index contributed by atoms with van der Waals surface area (Å²) >= 11 is 2.01. The van der Waals surface area contributed by atoms with Crippen LogP contribution in [0.1, 0.15) is 26.2 Å². The molecule has 0 amide bonds. The first-order valence-electron chi connectivity index (χ1n) is 3.47. The Balaban J connectivity index is 2.28. The van der Waals surface area contributed by atoms with Gasteiger partial charge in [-0.15, -0.1) is 17.7 Å². The SMILES string of the molecule is CC#CC1CCCCS1. The molecular formula is C8H12S. The lowest BCUT2D eigenvalue weighted by atomic mass is 10.2. The van der Waals surface area contributed by atoms with Gasteiger partial charge in [-0.3, -0.25) is 0 Å². The average molecular weight is 140 g/mol. The van der Waals surface area contributed by atoms with Crippen LogP contribution >= 0.6 is 11.8 Å². The van der Waals surface area contributed by atoms with Crippen LogP contribution in [0.5, 0.6) is 0 Å². The predicted octanol–water partition coefficient (Wildman–Crippen LogP) is 2.30. The Kier molecular flexibility index (Phi) is 3.00. The van der Waals surface area contributed by atoms with Crippen molar-refractivity contribution < 1.29 is 0 Å². The summed E-state index contributed by atoms with van der Waals surface area (Å²) in [6.45, 7) is 1.93. The number of rotatable bonds is 0. The first kappa shape index (κ1) is 7.02. The highest BCUT2D eigenvalue weighted by Gasteiger charge is 2.09. The van der Waals surface area contributed by atoms with Crippen molar-refractivity contribution in [2.45, 2.75) is 31.4 Å². The molecule has 0 bridgehead atoms. The van der Waals surface area contributed by atoms with Crippen molar-refractivity contribution in [3.05, 3.63) is 0 Å². The van der Waals surface area contributed by atoms with Crippen molar-refractivity contribution in [1.82, 2.24) is 0 Å². The first-order valence-corrected chi connectivity index (χ1v) is 4.52. The zero-order chi connectivity index (χ0) is 6.53. The van der Waals surface area contributed by atoms with Crippen molar-refractivity contribution in [1.29, 1.82) is 0 Å². The van der Waals surface area contributed by atoms with Crippen molar-refractivity contribution in [2.24, 2.45) is 0 Å². The van der Waals surface area contributed by atoms with Crippen molar-refractivity contribution >= 4 is 11.8 Å². The molecule has 1 unspecified atom stereocenters. The van der Waals surface area contributed by atoms with Crippen LogP contribution < -0.4 is 0 Å². The second-order valence-corrected chi connectivity index (χ2v) is 3.56. The highest BCUT2D eigenvalue weighted by Crippen LogP contribution is 2.23. The maximum atomic E-state index is 3.20. The quantitative estimate of drug-likeness (QED) is 0.465. The fourth-order valence-electron chi connectivity index (χ4n) is 1.02. The van der Waals surface area contributed by atoms with E-state index in [1.807, 2.05) is 18.7 Å². The van der Waals surface area contributed by atoms with E-state index < -0.39 is 0 Å². The molecule has 1 saturated heterocycles. The minimum atomic E-state index is 0.656. The molecule has 0 aromatic rings. The Hall–Kier alpha value is -0.0900. The summed E-state index contributed by atoms with van der Waals surface area (Å²) < 4.78 is 0. The van der Waals surface area contributed by atoms with E-state index in [4.69, 9.17) is 0 Å². The Bertz CT molecular complexity index is 123. The van der Waals surface area contributed by atoms with Crippen LogP contribution in [-0.2, 0) is 0 Å². The van der Waals surface area contributed by atoms with E-state index in [-0.39, 0.29) is 0 Å². The van der Waals surface area contributed by atoms with Crippen LogP contribution in [0.3, 0.4) is 0 Å². The predicted molar refractivity (Wildman–Crippen MR) is 43.5 cm³/mol. The van der Waals surface area contributed by atoms with Crippen LogP contribution in [0, 0.1) is 11.8 Å². The molecule has 0 nitrogen and oxygen atoms in total. The van der Waals surface area contributed by atoms with E-state index >= 15 is 0 Å². The van der Waals surface area contributed by atoms with Crippen LogP contribution in [0.15, 0.2) is 0 Å². The fourth-order valence-corrected chi connectivity index (χ4v) is 2.21. The van der Waals surface area contributed by atoms with Gasteiger partial charge in [-0.1, -0.05) is 12.3 Å². The van der Waals surface area contributed by atoms with Gasteiger partial charge < -0.3 is 0 Å². The van der Waals surface area contributed by atoms with Crippen molar-refractivity contribution in [3.8, 4) is 11.8 Å². The standard InChI is InChI=1S/C8H12S/c1-2-5-8-6-3-4-7-9-8/h8H,3-4,6-7H2,1H3. The van der Waals surface area contributed by atoms with Crippen LogP contribution in [0.25, 0.3) is 0 Å². The molecule has 1 aliphatic heterocycles. The minimum absolute atomic E-state index is 0.656. The summed E-state index contributed by atoms with van der Waals surface area (Å²) in [7, 11) is 0. The average Bonchev–Trinajstić information content (AvgIpc) is 1.91. The van der Waals surface area contributed by atoms with Gasteiger partial charge >= 0.3 is 0 Å². The summed E-state index contributed by atoms with van der Waals surface area (Å²) in [4.78, 5) is 0. The Morgan fingerprint density at radius 3 is 2.89 bits per heavy atom. The lowest BCUT2D eigenvalue weighted by Crippen LogP contribution is -2.05. The van der Waals surface area contributed by atoms with Gasteiger partial charge in [0.2, 0.25) is 0 Å². The Labute approximate surface area is 61.4 Å². The molecule has 0 N–H and O–H groups in total. The van der Waals surface area contributed by atoms with E-state index in [1.165, 1.54) is 25.0 Å². The molecule has 1 heteroatoms. The fraction of sp³-hybridized carbons (Fsp3) is 0.750. The van der Waals surface area contributed by atoms with Gasteiger partial charge in [-0.2, -0.15) is 0 Å². The zero-order valence-corrected chi connectivity index (χ0v) is 6.63. The smallest absolute Gasteiger partial charge is 0.0657 e. The van der Waals surface area contributed by atoms with E-state index in [2.05, 4.69) is 11.8 Å². The molecule has 50 valence electrons. The third-order valence-electron chi connectivity index (χ3n) is 1.49. The van der Waals surface area contributed by atoms with Gasteiger partial charge in [0, 0.05) is 0 Å². The Morgan fingerprint density at radius 1 is 1.44 bits per heavy atom. The molecule has 0 aromatic carbocycles. The van der Waals surface area contributed by atoms with E-state index in [0.29, 0.717) is 5.25 Å². The maximum absolute atomic E-state index is 3.20. The third-order valence-corrected chi connectivity index (χ3v) is 2.77. The molecule has 1 aliphatic rings. The van der Waals surface area contributed by atoms with Crippen molar-refractivity contribution in [3.63, 3.8) is 0 Å². The highest BCUT2D eigenvalue weighted by atomic mass is 32.2. The summed E-state index contributed by atoms with van der Waals surface area (Å²) in [5.74, 6) is 7.48. The molecule has 1 heterocycles. The van der Waals surface area contributed by atoms with E-state index in [0.717, 1.165) is 0 Å². The number of hydrogen-bond acceptors (Lipinski definition) is 1. The van der Waals surface area contributed by atoms with E-state index in [1.54, 1.807) is 0 Å². The molecular weight excluding hydrogens is 128 g/mol. The minimum Gasteiger partial charge on any atom is -0.145 e. The van der Waals surface area contributed by atoms with E-state index in [9.17, 15) is 0 Å². The lowest BCUT2D eigenvalue weighted by molar-refractivity contribution is 0.727. The third kappa shape index (κ3) is 2.32. The largest absolute Gasteiger partial charge is 0.145 e. The summed E-state index contributed by atoms with van der Waals surface area (Å²) in [5.41, 5.74) is 0. The topological polar surface area (TPSA) is 0 Å². The summed E-state index contributed by atoms with van der Waals surface area (Å²) in [6.07, 6.45) is 4.09. The molecule has 1 fully saturated rings. The molecule has 1 rings (SSSR count). The van der Waals surface area contributed by atoms with Gasteiger partial charge in [0.25, 0.3) is 0 Å². The summed E-state index contributed by atoms with van der Waals surface area (Å²) in [6, 6.07) is 0. The van der Waals surface area contributed by atoms with Crippen LogP contribution in [0.2, 0.25) is 0 Å². The highest BCUT2D eigenvalue weighted by molar-refractivity contribution is 8.00. The van der Waals surface area contributed by atoms with Gasteiger partial charge in [-0.25, -0.2) is 0 Å². The normalized spacial score (nSPS) is 26.6. The molecule has 0 saturated carbocycles. The van der Waals surface area contributed by atoms with Crippen molar-refractivity contribution in [2.75, 3.05) is 5.75 Å². The lowest BCUT2D eigenvalue weighted by Gasteiger charge is -2.14. The molecule has 0 radical (unpaired) electrons. The maximum Gasteiger partial charge on any atom is 0.0657 e. The molecule has 0 aromatic heterocycles. The van der Waals surface area contributed by atoms with Gasteiger partial charge in [0.1, 0.15) is 0 Å². The number of thioether (sulfide) groups is 1. The zero-order valence-electron chi connectivity index (χ0n) is 5.81. The second kappa shape index (κ2) is 3.85. The van der Waals surface area contributed by atoms with Crippen LogP contribution in [-0.4, -0.2) is 11.0 Å². The van der Waals surface area contributed by atoms with Crippen LogP contribution in [0.4, 0.5) is 0 Å². The second-order valence-electron chi connectivity index (χ2n) is 2.25. The van der Waals surface area contributed by atoms with Gasteiger partial charge in [-0.05, 0) is 25.5 Å². The summed E-state index contributed by atoms with van der Waals surface area (Å²) in [5, 5.41) is 0.656. The molecule has 0 spiro atoms. The first-order chi connectivity index (χ1) is 4.43. The molecule has 0 aliphatic carbocycles. The monoisotopic (exact) mass is 140 g/mol. The number of hydrogen-bond donors (Lipinski definition) is 0. The van der Waals surface area contributed by atoms with Gasteiger partial charge in [0.15, 0.2) is 0 Å². The Morgan fingerprint density at radius 2 is 2.33 bits per heavy atom. The molecule has 1 atom stereocenters.